The average Bonchev–Trinajstić information content (AvgIpc) is 2.45. The van der Waals surface area contributed by atoms with Crippen molar-refractivity contribution in [3.8, 4) is 0 Å². The van der Waals surface area contributed by atoms with Crippen molar-refractivity contribution in [3.05, 3.63) is 11.9 Å². The van der Waals surface area contributed by atoms with Crippen molar-refractivity contribution < 1.29 is 0 Å². The largest absolute Gasteiger partial charge is 0.370 e. The predicted molar refractivity (Wildman–Crippen MR) is 77.8 cm³/mol. The molecule has 0 saturated carbocycles. The van der Waals surface area contributed by atoms with Crippen molar-refractivity contribution in [1.82, 2.24) is 9.97 Å². The van der Waals surface area contributed by atoms with Crippen molar-refractivity contribution in [2.45, 2.75) is 26.2 Å². The molecule has 4 N–H and O–H groups in total. The topological polar surface area (TPSA) is 75.9 Å². The van der Waals surface area contributed by atoms with Gasteiger partial charge in [-0.05, 0) is 30.3 Å². The molecule has 1 saturated heterocycles. The van der Waals surface area contributed by atoms with Gasteiger partial charge < -0.3 is 10.7 Å². The zero-order chi connectivity index (χ0) is 12.8. The first kappa shape index (κ1) is 13.4. The van der Waals surface area contributed by atoms with Crippen LogP contribution in [0, 0.1) is 5.92 Å². The maximum absolute atomic E-state index is 5.41. The molecule has 6 heteroatoms. The molecule has 0 aliphatic carbocycles. The normalized spacial score (nSPS) is 16.6. The molecule has 0 atom stereocenters. The molecule has 0 radical (unpaired) electrons. The summed E-state index contributed by atoms with van der Waals surface area (Å²) in [5.74, 6) is 11.1. The maximum atomic E-state index is 5.41. The van der Waals surface area contributed by atoms with Crippen molar-refractivity contribution in [3.63, 3.8) is 0 Å². The zero-order valence-electron chi connectivity index (χ0n) is 10.8. The van der Waals surface area contributed by atoms with Crippen LogP contribution in [0.3, 0.4) is 0 Å². The summed E-state index contributed by atoms with van der Waals surface area (Å²) in [6, 6.07) is 1.86. The first-order valence-electron chi connectivity index (χ1n) is 6.48. The Hall–Kier alpha value is -1.01. The smallest absolute Gasteiger partial charge is 0.145 e. The molecule has 1 aliphatic heterocycles. The highest BCUT2D eigenvalue weighted by atomic mass is 32.2. The summed E-state index contributed by atoms with van der Waals surface area (Å²) < 4.78 is 0. The number of anilines is 2. The van der Waals surface area contributed by atoms with Crippen LogP contribution in [0.1, 0.15) is 25.6 Å². The van der Waals surface area contributed by atoms with Crippen LogP contribution in [0.25, 0.3) is 0 Å². The molecule has 2 heterocycles. The summed E-state index contributed by atoms with van der Waals surface area (Å²) in [6.45, 7) is 3.03. The highest BCUT2D eigenvalue weighted by Gasteiger charge is 2.13. The van der Waals surface area contributed by atoms with Gasteiger partial charge in [-0.2, -0.15) is 11.8 Å². The second-order valence-electron chi connectivity index (χ2n) is 4.49. The lowest BCUT2D eigenvalue weighted by Gasteiger charge is -2.21. The first-order valence-corrected chi connectivity index (χ1v) is 7.63. The van der Waals surface area contributed by atoms with E-state index < -0.39 is 0 Å². The Morgan fingerprint density at radius 2 is 2.06 bits per heavy atom. The molecule has 0 amide bonds. The fourth-order valence-corrected chi connectivity index (χ4v) is 3.22. The van der Waals surface area contributed by atoms with Gasteiger partial charge in [0.05, 0.1) is 0 Å². The van der Waals surface area contributed by atoms with E-state index in [9.17, 15) is 0 Å². The van der Waals surface area contributed by atoms with E-state index in [1.54, 1.807) is 0 Å². The summed E-state index contributed by atoms with van der Waals surface area (Å²) in [6.07, 6.45) is 3.40. The molecule has 18 heavy (non-hydrogen) atoms. The second-order valence-corrected chi connectivity index (χ2v) is 5.71. The number of nitrogens with one attached hydrogen (secondary N) is 2. The van der Waals surface area contributed by atoms with Crippen molar-refractivity contribution in [2.24, 2.45) is 11.8 Å². The summed E-state index contributed by atoms with van der Waals surface area (Å²) in [4.78, 5) is 8.74. The van der Waals surface area contributed by atoms with Crippen LogP contribution in [0.4, 0.5) is 11.6 Å². The quantitative estimate of drug-likeness (QED) is 0.558. The summed E-state index contributed by atoms with van der Waals surface area (Å²) in [7, 11) is 0. The number of nitrogens with zero attached hydrogens (tertiary/aromatic N) is 2. The third-order valence-electron chi connectivity index (χ3n) is 3.15. The van der Waals surface area contributed by atoms with E-state index in [2.05, 4.69) is 32.5 Å². The highest BCUT2D eigenvalue weighted by Crippen LogP contribution is 2.23. The van der Waals surface area contributed by atoms with Gasteiger partial charge in [0.15, 0.2) is 0 Å². The molecular weight excluding hydrogens is 246 g/mol. The van der Waals surface area contributed by atoms with E-state index in [0.717, 1.165) is 30.5 Å². The minimum atomic E-state index is 0.670. The number of thioether (sulfide) groups is 1. The highest BCUT2D eigenvalue weighted by molar-refractivity contribution is 7.99. The zero-order valence-corrected chi connectivity index (χ0v) is 11.6. The van der Waals surface area contributed by atoms with Crippen LogP contribution in [0.2, 0.25) is 0 Å². The van der Waals surface area contributed by atoms with Gasteiger partial charge >= 0.3 is 0 Å². The van der Waals surface area contributed by atoms with Crippen molar-refractivity contribution in [1.29, 1.82) is 0 Å². The number of hydrogen-bond acceptors (Lipinski definition) is 6. The molecule has 1 aromatic heterocycles. The Morgan fingerprint density at radius 1 is 1.33 bits per heavy atom. The van der Waals surface area contributed by atoms with Gasteiger partial charge in [-0.3, -0.25) is 0 Å². The number of nitrogen functional groups attached to an aromatic ring is 1. The Kier molecular flexibility index (Phi) is 5.07. The van der Waals surface area contributed by atoms with E-state index in [0.29, 0.717) is 5.82 Å². The van der Waals surface area contributed by atoms with Gasteiger partial charge in [-0.15, -0.1) is 0 Å². The molecular formula is C12H21N5S. The van der Waals surface area contributed by atoms with Crippen LogP contribution >= 0.6 is 11.8 Å². The standard InChI is InChI=1S/C12H21N5S/c1-2-10-15-11(7-12(16-10)17-13)14-8-9-3-5-18-6-4-9/h7,9H,2-6,8,13H2,1H3,(H2,14,15,16,17). The number of hydrogen-bond donors (Lipinski definition) is 3. The lowest BCUT2D eigenvalue weighted by atomic mass is 10.0. The molecule has 100 valence electrons. The van der Waals surface area contributed by atoms with Crippen LogP contribution in [0.5, 0.6) is 0 Å². The fraction of sp³-hybridized carbons (Fsp3) is 0.667. The Bertz CT molecular complexity index is 356. The molecule has 1 aliphatic rings. The Labute approximate surface area is 112 Å². The van der Waals surface area contributed by atoms with Gasteiger partial charge in [0.1, 0.15) is 17.5 Å². The van der Waals surface area contributed by atoms with E-state index >= 15 is 0 Å². The van der Waals surface area contributed by atoms with Crippen LogP contribution in [0.15, 0.2) is 6.07 Å². The second kappa shape index (κ2) is 6.80. The number of hydrazine groups is 1. The lowest BCUT2D eigenvalue weighted by molar-refractivity contribution is 0.515. The molecule has 1 fully saturated rings. The van der Waals surface area contributed by atoms with E-state index in [1.165, 1.54) is 24.3 Å². The Morgan fingerprint density at radius 3 is 2.72 bits per heavy atom. The van der Waals surface area contributed by atoms with Crippen LogP contribution in [-0.2, 0) is 6.42 Å². The number of aromatic nitrogens is 2. The average molecular weight is 267 g/mol. The first-order chi connectivity index (χ1) is 8.81. The third-order valence-corrected chi connectivity index (χ3v) is 4.20. The fourth-order valence-electron chi connectivity index (χ4n) is 2.02. The van der Waals surface area contributed by atoms with Gasteiger partial charge in [0.2, 0.25) is 0 Å². The maximum Gasteiger partial charge on any atom is 0.145 e. The number of rotatable bonds is 5. The minimum Gasteiger partial charge on any atom is -0.370 e. The van der Waals surface area contributed by atoms with Crippen molar-refractivity contribution in [2.75, 3.05) is 28.8 Å². The van der Waals surface area contributed by atoms with Crippen LogP contribution in [-0.4, -0.2) is 28.0 Å². The Balaban J connectivity index is 1.94. The summed E-state index contributed by atoms with van der Waals surface area (Å²) in [5.41, 5.74) is 2.59. The monoisotopic (exact) mass is 267 g/mol. The van der Waals surface area contributed by atoms with E-state index in [4.69, 9.17) is 5.84 Å². The minimum absolute atomic E-state index is 0.670. The molecule has 1 aromatic rings. The van der Waals surface area contributed by atoms with Gasteiger partial charge in [-0.1, -0.05) is 6.92 Å². The molecule has 0 unspecified atom stereocenters. The molecule has 0 spiro atoms. The van der Waals surface area contributed by atoms with E-state index in [-0.39, 0.29) is 0 Å². The lowest BCUT2D eigenvalue weighted by Crippen LogP contribution is -2.20. The number of aryl methyl sites for hydroxylation is 1. The van der Waals surface area contributed by atoms with Crippen LogP contribution < -0.4 is 16.6 Å². The van der Waals surface area contributed by atoms with Gasteiger partial charge in [0.25, 0.3) is 0 Å². The molecule has 5 nitrogen and oxygen atoms in total. The predicted octanol–water partition coefficient (Wildman–Crippen LogP) is 1.88. The van der Waals surface area contributed by atoms with Gasteiger partial charge in [-0.25, -0.2) is 15.8 Å². The summed E-state index contributed by atoms with van der Waals surface area (Å²) in [5, 5.41) is 3.41. The molecule has 2 rings (SSSR count). The summed E-state index contributed by atoms with van der Waals surface area (Å²) >= 11 is 2.05. The molecule has 0 aromatic carbocycles. The van der Waals surface area contributed by atoms with Gasteiger partial charge in [0, 0.05) is 19.0 Å². The van der Waals surface area contributed by atoms with E-state index in [1.807, 2.05) is 13.0 Å². The molecule has 0 bridgehead atoms. The third kappa shape index (κ3) is 3.74. The SMILES string of the molecule is CCc1nc(NN)cc(NCC2CCSCC2)n1. The van der Waals surface area contributed by atoms with Crippen molar-refractivity contribution >= 4 is 23.4 Å². The number of nitrogens with two attached hydrogens (primary N) is 1.